The summed E-state index contributed by atoms with van der Waals surface area (Å²) >= 11 is 0. The predicted octanol–water partition coefficient (Wildman–Crippen LogP) is 5.64. The van der Waals surface area contributed by atoms with Crippen molar-refractivity contribution in [2.75, 3.05) is 6.61 Å². The molecule has 0 spiro atoms. The van der Waals surface area contributed by atoms with Crippen molar-refractivity contribution >= 4 is 11.9 Å². The minimum Gasteiger partial charge on any atom is -0.461 e. The van der Waals surface area contributed by atoms with Gasteiger partial charge in [-0.1, -0.05) is 60.7 Å². The van der Waals surface area contributed by atoms with Crippen LogP contribution in [-0.2, 0) is 11.2 Å². The van der Waals surface area contributed by atoms with Crippen molar-refractivity contribution in [3.8, 4) is 5.69 Å². The number of carbonyl (C=O) groups excluding carboxylic acids is 2. The topological polar surface area (TPSA) is 73.2 Å². The van der Waals surface area contributed by atoms with Crippen LogP contribution in [0.4, 0.5) is 0 Å². The Balaban J connectivity index is 1.36. The van der Waals surface area contributed by atoms with E-state index >= 15 is 0 Å². The maximum atomic E-state index is 13.2. The molecule has 6 heteroatoms. The van der Waals surface area contributed by atoms with Crippen LogP contribution in [0.2, 0.25) is 0 Å². The highest BCUT2D eigenvalue weighted by Crippen LogP contribution is 2.41. The van der Waals surface area contributed by atoms with Gasteiger partial charge in [-0.3, -0.25) is 4.79 Å². The van der Waals surface area contributed by atoms with Crippen molar-refractivity contribution < 1.29 is 14.3 Å². The van der Waals surface area contributed by atoms with Gasteiger partial charge in [-0.15, -0.1) is 0 Å². The number of carbonyl (C=O) groups is 2. The van der Waals surface area contributed by atoms with Gasteiger partial charge in [0.15, 0.2) is 5.69 Å². The molecule has 1 aliphatic rings. The van der Waals surface area contributed by atoms with Crippen LogP contribution < -0.4 is 5.32 Å². The summed E-state index contributed by atoms with van der Waals surface area (Å²) in [4.78, 5) is 25.4. The summed E-state index contributed by atoms with van der Waals surface area (Å²) in [6.07, 6.45) is 2.86. The third kappa shape index (κ3) is 5.38. The zero-order chi connectivity index (χ0) is 24.9. The zero-order valence-electron chi connectivity index (χ0n) is 20.3. The summed E-state index contributed by atoms with van der Waals surface area (Å²) in [6, 6.07) is 29.2. The summed E-state index contributed by atoms with van der Waals surface area (Å²) in [5.74, 6) is -0.158. The quantitative estimate of drug-likeness (QED) is 0.315. The molecule has 0 saturated heterocycles. The second kappa shape index (κ2) is 10.6. The Morgan fingerprint density at radius 3 is 2.28 bits per heavy atom. The van der Waals surface area contributed by atoms with Crippen LogP contribution in [0.3, 0.4) is 0 Å². The molecule has 36 heavy (non-hydrogen) atoms. The average molecular weight is 480 g/mol. The molecule has 0 unspecified atom stereocenters. The van der Waals surface area contributed by atoms with E-state index in [-0.39, 0.29) is 11.9 Å². The van der Waals surface area contributed by atoms with E-state index in [9.17, 15) is 9.59 Å². The molecule has 5 rings (SSSR count). The third-order valence-electron chi connectivity index (χ3n) is 6.38. The number of esters is 1. The number of hydrogen-bond donors (Lipinski definition) is 1. The fourth-order valence-corrected chi connectivity index (χ4v) is 4.36. The Kier molecular flexibility index (Phi) is 6.94. The van der Waals surface area contributed by atoms with Crippen LogP contribution in [-0.4, -0.2) is 28.3 Å². The van der Waals surface area contributed by atoms with Crippen molar-refractivity contribution in [2.24, 2.45) is 0 Å². The van der Waals surface area contributed by atoms with Gasteiger partial charge in [0.25, 0.3) is 5.91 Å². The van der Waals surface area contributed by atoms with E-state index in [0.717, 1.165) is 35.3 Å². The first kappa shape index (κ1) is 23.5. The summed E-state index contributed by atoms with van der Waals surface area (Å²) in [6.45, 7) is 2.09. The SMILES string of the molecule is CCOC(=O)c1cc(C2CC2)n(-c2ccc(C(=O)N[C@H](Cc3ccccc3)c3ccccc3)cc2)n1. The van der Waals surface area contributed by atoms with Crippen molar-refractivity contribution in [3.05, 3.63) is 119 Å². The molecule has 1 saturated carbocycles. The number of amides is 1. The molecule has 1 amide bonds. The van der Waals surface area contributed by atoms with E-state index in [0.29, 0.717) is 30.2 Å². The Morgan fingerprint density at radius 1 is 0.972 bits per heavy atom. The van der Waals surface area contributed by atoms with Crippen LogP contribution in [0, 0.1) is 0 Å². The van der Waals surface area contributed by atoms with Gasteiger partial charge in [0.2, 0.25) is 0 Å². The van der Waals surface area contributed by atoms with Gasteiger partial charge in [0.05, 0.1) is 18.3 Å². The van der Waals surface area contributed by atoms with Crippen LogP contribution in [0.1, 0.15) is 69.4 Å². The molecule has 1 fully saturated rings. The van der Waals surface area contributed by atoms with E-state index in [1.165, 1.54) is 0 Å². The van der Waals surface area contributed by atoms with Gasteiger partial charge in [-0.2, -0.15) is 5.10 Å². The van der Waals surface area contributed by atoms with E-state index < -0.39 is 5.97 Å². The van der Waals surface area contributed by atoms with Gasteiger partial charge in [0, 0.05) is 17.2 Å². The lowest BCUT2D eigenvalue weighted by atomic mass is 9.98. The lowest BCUT2D eigenvalue weighted by molar-refractivity contribution is 0.0518. The smallest absolute Gasteiger partial charge is 0.358 e. The molecule has 4 aromatic rings. The molecule has 1 aromatic heterocycles. The summed E-state index contributed by atoms with van der Waals surface area (Å²) < 4.78 is 6.93. The molecule has 1 N–H and O–H groups in total. The highest BCUT2D eigenvalue weighted by atomic mass is 16.5. The lowest BCUT2D eigenvalue weighted by Gasteiger charge is -2.20. The maximum Gasteiger partial charge on any atom is 0.358 e. The van der Waals surface area contributed by atoms with Gasteiger partial charge in [0.1, 0.15) is 0 Å². The van der Waals surface area contributed by atoms with E-state index in [2.05, 4.69) is 22.5 Å². The predicted molar refractivity (Wildman–Crippen MR) is 138 cm³/mol. The molecule has 0 bridgehead atoms. The van der Waals surface area contributed by atoms with Gasteiger partial charge in [-0.05, 0) is 67.6 Å². The minimum absolute atomic E-state index is 0.138. The van der Waals surface area contributed by atoms with Crippen LogP contribution >= 0.6 is 0 Å². The van der Waals surface area contributed by atoms with Crippen LogP contribution in [0.15, 0.2) is 91.0 Å². The molecule has 1 atom stereocenters. The van der Waals surface area contributed by atoms with E-state index in [4.69, 9.17) is 4.74 Å². The van der Waals surface area contributed by atoms with E-state index in [1.807, 2.05) is 66.7 Å². The van der Waals surface area contributed by atoms with Crippen molar-refractivity contribution in [3.63, 3.8) is 0 Å². The van der Waals surface area contributed by atoms with Crippen molar-refractivity contribution in [1.82, 2.24) is 15.1 Å². The number of rotatable bonds is 9. The maximum absolute atomic E-state index is 13.2. The standard InChI is InChI=1S/C30H29N3O3/c1-2-36-30(35)27-20-28(23-13-14-23)33(32-27)25-17-15-24(16-18-25)29(34)31-26(22-11-7-4-8-12-22)19-21-9-5-3-6-10-21/h3-12,15-18,20,23,26H,2,13-14,19H2,1H3,(H,31,34)/t26-/m1/s1. The molecule has 6 nitrogen and oxygen atoms in total. The van der Waals surface area contributed by atoms with Crippen LogP contribution in [0.5, 0.6) is 0 Å². The molecule has 3 aromatic carbocycles. The lowest BCUT2D eigenvalue weighted by Crippen LogP contribution is -2.30. The first-order chi connectivity index (χ1) is 17.6. The molecule has 0 aliphatic heterocycles. The Bertz CT molecular complexity index is 1330. The van der Waals surface area contributed by atoms with Crippen molar-refractivity contribution in [2.45, 2.75) is 38.1 Å². The van der Waals surface area contributed by atoms with Gasteiger partial charge in [-0.25, -0.2) is 9.48 Å². The normalized spacial score (nSPS) is 13.7. The van der Waals surface area contributed by atoms with Crippen LogP contribution in [0.25, 0.3) is 5.69 Å². The minimum atomic E-state index is -0.417. The molecule has 1 aliphatic carbocycles. The molecular formula is C30H29N3O3. The molecule has 0 radical (unpaired) electrons. The van der Waals surface area contributed by atoms with Gasteiger partial charge < -0.3 is 10.1 Å². The fraction of sp³-hybridized carbons (Fsp3) is 0.233. The number of nitrogens with one attached hydrogen (secondary N) is 1. The fourth-order valence-electron chi connectivity index (χ4n) is 4.36. The second-order valence-corrected chi connectivity index (χ2v) is 9.03. The number of nitrogens with zero attached hydrogens (tertiary/aromatic N) is 2. The average Bonchev–Trinajstić information content (AvgIpc) is 3.67. The first-order valence-corrected chi connectivity index (χ1v) is 12.4. The molecule has 1 heterocycles. The van der Waals surface area contributed by atoms with Gasteiger partial charge >= 0.3 is 5.97 Å². The Hall–Kier alpha value is -4.19. The van der Waals surface area contributed by atoms with Crippen molar-refractivity contribution in [1.29, 1.82) is 0 Å². The summed E-state index contributed by atoms with van der Waals surface area (Å²) in [7, 11) is 0. The largest absolute Gasteiger partial charge is 0.461 e. The monoisotopic (exact) mass is 479 g/mol. The number of hydrogen-bond acceptors (Lipinski definition) is 4. The number of aromatic nitrogens is 2. The summed E-state index contributed by atoms with van der Waals surface area (Å²) in [5.41, 5.74) is 4.91. The number of benzene rings is 3. The number of ether oxygens (including phenoxy) is 1. The highest BCUT2D eigenvalue weighted by Gasteiger charge is 2.30. The molecule has 182 valence electrons. The molecular weight excluding hydrogens is 450 g/mol. The second-order valence-electron chi connectivity index (χ2n) is 9.03. The first-order valence-electron chi connectivity index (χ1n) is 12.4. The third-order valence-corrected chi connectivity index (χ3v) is 6.38. The highest BCUT2D eigenvalue weighted by molar-refractivity contribution is 5.94. The van der Waals surface area contributed by atoms with E-state index in [1.54, 1.807) is 23.7 Å². The Labute approximate surface area is 210 Å². The zero-order valence-corrected chi connectivity index (χ0v) is 20.3. The Morgan fingerprint density at radius 2 is 1.64 bits per heavy atom. The summed E-state index contributed by atoms with van der Waals surface area (Å²) in [5, 5.41) is 7.72.